The highest BCUT2D eigenvalue weighted by Crippen LogP contribution is 2.48. The van der Waals surface area contributed by atoms with Crippen LogP contribution in [0.2, 0.25) is 0 Å². The molecule has 2 nitrogen and oxygen atoms in total. The molecule has 2 atom stereocenters. The molecule has 0 spiro atoms. The van der Waals surface area contributed by atoms with Crippen molar-refractivity contribution in [2.24, 2.45) is 0 Å². The Hall–Kier alpha value is -2.39. The third kappa shape index (κ3) is 2.55. The molecule has 0 radical (unpaired) electrons. The Bertz CT molecular complexity index is 797. The maximum atomic E-state index is 12.9. The highest BCUT2D eigenvalue weighted by Gasteiger charge is 2.49. The third-order valence-electron chi connectivity index (χ3n) is 4.50. The molecule has 0 saturated carbocycles. The van der Waals surface area contributed by atoms with Gasteiger partial charge in [-0.1, -0.05) is 76.6 Å². The van der Waals surface area contributed by atoms with Gasteiger partial charge in [0.25, 0.3) is 0 Å². The first-order chi connectivity index (χ1) is 11.8. The summed E-state index contributed by atoms with van der Waals surface area (Å²) in [6.45, 7) is 0. The van der Waals surface area contributed by atoms with Crippen molar-refractivity contribution in [3.63, 3.8) is 0 Å². The molecule has 1 aliphatic rings. The minimum absolute atomic E-state index is 0.0235. The van der Waals surface area contributed by atoms with Crippen LogP contribution >= 0.6 is 15.9 Å². The smallest absolute Gasteiger partial charge is 0.237 e. The minimum atomic E-state index is -0.132. The van der Waals surface area contributed by atoms with E-state index < -0.39 is 0 Å². The van der Waals surface area contributed by atoms with Crippen LogP contribution in [0.25, 0.3) is 0 Å². The van der Waals surface area contributed by atoms with Gasteiger partial charge in [-0.15, -0.1) is 0 Å². The number of anilines is 1. The summed E-state index contributed by atoms with van der Waals surface area (Å²) in [6.07, 6.45) is 0. The van der Waals surface area contributed by atoms with Gasteiger partial charge < -0.3 is 4.90 Å². The van der Waals surface area contributed by atoms with Crippen molar-refractivity contribution in [2.75, 3.05) is 4.90 Å². The van der Waals surface area contributed by atoms with Crippen LogP contribution in [0, 0.1) is 0 Å². The molecule has 24 heavy (non-hydrogen) atoms. The fourth-order valence-electron chi connectivity index (χ4n) is 3.35. The summed E-state index contributed by atoms with van der Waals surface area (Å²) in [5.74, 6) is 0.0212. The number of β-lactam (4-membered cyclic amide) rings is 1. The largest absolute Gasteiger partial charge is 0.303 e. The molecule has 3 aromatic rings. The van der Waals surface area contributed by atoms with Gasteiger partial charge in [-0.05, 0) is 35.4 Å². The summed E-state index contributed by atoms with van der Waals surface area (Å²) >= 11 is 3.49. The Morgan fingerprint density at radius 1 is 0.708 bits per heavy atom. The van der Waals surface area contributed by atoms with Gasteiger partial charge in [0.1, 0.15) is 0 Å². The third-order valence-corrected chi connectivity index (χ3v) is 5.03. The number of benzene rings is 3. The van der Waals surface area contributed by atoms with Crippen molar-refractivity contribution in [1.29, 1.82) is 0 Å². The zero-order valence-corrected chi connectivity index (χ0v) is 14.6. The van der Waals surface area contributed by atoms with Gasteiger partial charge in [0.15, 0.2) is 0 Å². The molecule has 118 valence electrons. The van der Waals surface area contributed by atoms with Gasteiger partial charge in [0.2, 0.25) is 5.91 Å². The summed E-state index contributed by atoms with van der Waals surface area (Å²) in [5, 5.41) is 0. The normalized spacial score (nSPS) is 19.9. The van der Waals surface area contributed by atoms with Crippen molar-refractivity contribution >= 4 is 27.5 Å². The molecule has 1 aliphatic heterocycles. The Labute approximate surface area is 149 Å². The van der Waals surface area contributed by atoms with Gasteiger partial charge in [-0.25, -0.2) is 0 Å². The lowest BCUT2D eigenvalue weighted by molar-refractivity contribution is -0.126. The minimum Gasteiger partial charge on any atom is -0.303 e. The molecule has 1 amide bonds. The molecule has 3 heteroatoms. The van der Waals surface area contributed by atoms with E-state index in [9.17, 15) is 4.79 Å². The van der Waals surface area contributed by atoms with Crippen LogP contribution in [0.1, 0.15) is 23.1 Å². The maximum Gasteiger partial charge on any atom is 0.237 e. The summed E-state index contributed by atoms with van der Waals surface area (Å²) in [6, 6.07) is 28.2. The second kappa shape index (κ2) is 6.25. The predicted molar refractivity (Wildman–Crippen MR) is 100.0 cm³/mol. The van der Waals surface area contributed by atoms with Crippen LogP contribution < -0.4 is 4.90 Å². The van der Waals surface area contributed by atoms with Crippen molar-refractivity contribution in [3.05, 3.63) is 101 Å². The van der Waals surface area contributed by atoms with Gasteiger partial charge in [0.05, 0.1) is 12.0 Å². The molecule has 0 bridgehead atoms. The average Bonchev–Trinajstić information content (AvgIpc) is 2.62. The monoisotopic (exact) mass is 377 g/mol. The van der Waals surface area contributed by atoms with Gasteiger partial charge in [0, 0.05) is 10.2 Å². The zero-order chi connectivity index (χ0) is 16.5. The van der Waals surface area contributed by atoms with E-state index >= 15 is 0 Å². The summed E-state index contributed by atoms with van der Waals surface area (Å²) in [4.78, 5) is 14.8. The molecular formula is C21H16BrNO. The Morgan fingerprint density at radius 2 is 1.29 bits per heavy atom. The van der Waals surface area contributed by atoms with E-state index in [1.807, 2.05) is 77.7 Å². The average molecular weight is 378 g/mol. The molecule has 0 aliphatic carbocycles. The number of carbonyl (C=O) groups is 1. The number of amides is 1. The fraction of sp³-hybridized carbons (Fsp3) is 0.0952. The van der Waals surface area contributed by atoms with Crippen LogP contribution in [0.5, 0.6) is 0 Å². The zero-order valence-electron chi connectivity index (χ0n) is 13.0. The van der Waals surface area contributed by atoms with Crippen LogP contribution in [-0.2, 0) is 4.79 Å². The molecule has 4 rings (SSSR count). The molecule has 1 fully saturated rings. The van der Waals surface area contributed by atoms with E-state index in [2.05, 4.69) is 28.1 Å². The maximum absolute atomic E-state index is 12.9. The number of hydrogen-bond donors (Lipinski definition) is 0. The molecule has 1 saturated heterocycles. The van der Waals surface area contributed by atoms with Crippen LogP contribution in [0.3, 0.4) is 0 Å². The molecule has 0 aromatic heterocycles. The number of hydrogen-bond acceptors (Lipinski definition) is 1. The highest BCUT2D eigenvalue weighted by atomic mass is 79.9. The first-order valence-electron chi connectivity index (χ1n) is 7.94. The number of rotatable bonds is 3. The Balaban J connectivity index is 1.78. The molecule has 3 aromatic carbocycles. The number of carbonyl (C=O) groups excluding carboxylic acids is 1. The quantitative estimate of drug-likeness (QED) is 0.565. The molecule has 1 heterocycles. The van der Waals surface area contributed by atoms with Crippen molar-refractivity contribution < 1.29 is 4.79 Å². The standard InChI is InChI=1S/C21H16BrNO/c22-17-13-11-16(12-14-17)20-19(15-7-3-1-4-8-15)21(24)23(20)18-9-5-2-6-10-18/h1-14,19-20H/t19-,20-/m0/s1. The Kier molecular flexibility index (Phi) is 3.95. The van der Waals surface area contributed by atoms with E-state index in [-0.39, 0.29) is 17.9 Å². The van der Waals surface area contributed by atoms with E-state index in [0.29, 0.717) is 0 Å². The summed E-state index contributed by atoms with van der Waals surface area (Å²) in [7, 11) is 0. The summed E-state index contributed by atoms with van der Waals surface area (Å²) in [5.41, 5.74) is 3.17. The number of halogens is 1. The van der Waals surface area contributed by atoms with Crippen LogP contribution in [0.15, 0.2) is 89.4 Å². The predicted octanol–water partition coefficient (Wildman–Crippen LogP) is 5.32. The Morgan fingerprint density at radius 3 is 1.92 bits per heavy atom. The van der Waals surface area contributed by atoms with E-state index in [4.69, 9.17) is 0 Å². The van der Waals surface area contributed by atoms with Gasteiger partial charge in [-0.2, -0.15) is 0 Å². The van der Waals surface area contributed by atoms with E-state index in [1.54, 1.807) is 0 Å². The lowest BCUT2D eigenvalue weighted by atomic mass is 9.77. The first kappa shape index (κ1) is 15.2. The molecule has 0 unspecified atom stereocenters. The lowest BCUT2D eigenvalue weighted by Crippen LogP contribution is -2.53. The number of nitrogens with zero attached hydrogens (tertiary/aromatic N) is 1. The van der Waals surface area contributed by atoms with Crippen LogP contribution in [-0.4, -0.2) is 5.91 Å². The first-order valence-corrected chi connectivity index (χ1v) is 8.73. The van der Waals surface area contributed by atoms with Crippen LogP contribution in [0.4, 0.5) is 5.69 Å². The molecule has 0 N–H and O–H groups in total. The van der Waals surface area contributed by atoms with Crippen molar-refractivity contribution in [2.45, 2.75) is 12.0 Å². The fourth-order valence-corrected chi connectivity index (χ4v) is 3.62. The second-order valence-electron chi connectivity index (χ2n) is 5.93. The van der Waals surface area contributed by atoms with Gasteiger partial charge in [-0.3, -0.25) is 4.79 Å². The van der Waals surface area contributed by atoms with Gasteiger partial charge >= 0.3 is 0 Å². The molecular weight excluding hydrogens is 362 g/mol. The number of para-hydroxylation sites is 1. The topological polar surface area (TPSA) is 20.3 Å². The lowest BCUT2D eigenvalue weighted by Gasteiger charge is -2.47. The van der Waals surface area contributed by atoms with Crippen molar-refractivity contribution in [1.82, 2.24) is 0 Å². The highest BCUT2D eigenvalue weighted by molar-refractivity contribution is 9.10. The summed E-state index contributed by atoms with van der Waals surface area (Å²) < 4.78 is 1.04. The van der Waals surface area contributed by atoms with E-state index in [1.165, 1.54) is 0 Å². The SMILES string of the molecule is O=C1[C@@H](c2ccccc2)[C@H](c2ccc(Br)cc2)N1c1ccccc1. The van der Waals surface area contributed by atoms with Crippen molar-refractivity contribution in [3.8, 4) is 0 Å². The second-order valence-corrected chi connectivity index (χ2v) is 6.84. The van der Waals surface area contributed by atoms with E-state index in [0.717, 1.165) is 21.3 Å².